The van der Waals surface area contributed by atoms with Gasteiger partial charge in [0.15, 0.2) is 0 Å². The van der Waals surface area contributed by atoms with Crippen molar-refractivity contribution in [2.24, 2.45) is 0 Å². The van der Waals surface area contributed by atoms with Crippen molar-refractivity contribution in [3.63, 3.8) is 0 Å². The lowest BCUT2D eigenvalue weighted by molar-refractivity contribution is -0.137. The Balaban J connectivity index is 1.62. The number of carbonyl (C=O) groups is 1. The zero-order valence-electron chi connectivity index (χ0n) is 14.1. The summed E-state index contributed by atoms with van der Waals surface area (Å²) in [6.07, 6.45) is 5.11. The first-order valence-electron chi connectivity index (χ1n) is 8.09. The Labute approximate surface area is 153 Å². The Hall–Kier alpha value is -3.41. The summed E-state index contributed by atoms with van der Waals surface area (Å²) in [5.41, 5.74) is 0.589. The summed E-state index contributed by atoms with van der Waals surface area (Å²) in [4.78, 5) is 16.1. The molecule has 0 unspecified atom stereocenters. The highest BCUT2D eigenvalue weighted by atomic mass is 19.4. The van der Waals surface area contributed by atoms with Crippen LogP contribution in [0.1, 0.15) is 11.1 Å². The lowest BCUT2D eigenvalue weighted by atomic mass is 10.1. The third-order valence-electron chi connectivity index (χ3n) is 3.82. The van der Waals surface area contributed by atoms with Gasteiger partial charge >= 0.3 is 6.18 Å². The van der Waals surface area contributed by atoms with Crippen LogP contribution in [0.5, 0.6) is 0 Å². The fourth-order valence-corrected chi connectivity index (χ4v) is 2.50. The number of fused-ring (bicyclic) bond motifs is 1. The predicted molar refractivity (Wildman–Crippen MR) is 100.0 cm³/mol. The van der Waals surface area contributed by atoms with E-state index in [-0.39, 0.29) is 5.91 Å². The third kappa shape index (κ3) is 4.82. The highest BCUT2D eigenvalue weighted by Gasteiger charge is 2.29. The molecule has 2 aromatic carbocycles. The number of hydrogen-bond acceptors (Lipinski definition) is 2. The summed E-state index contributed by atoms with van der Waals surface area (Å²) in [6.45, 7) is 0. The molecule has 0 aliphatic carbocycles. The number of amides is 1. The van der Waals surface area contributed by atoms with E-state index in [0.717, 1.165) is 22.9 Å². The van der Waals surface area contributed by atoms with Gasteiger partial charge in [-0.1, -0.05) is 42.5 Å². The van der Waals surface area contributed by atoms with Gasteiger partial charge in [0.2, 0.25) is 5.91 Å². The summed E-state index contributed by atoms with van der Waals surface area (Å²) >= 11 is 0. The van der Waals surface area contributed by atoms with Crippen molar-refractivity contribution in [1.82, 2.24) is 4.98 Å². The van der Waals surface area contributed by atoms with Crippen molar-refractivity contribution in [3.8, 4) is 0 Å². The quantitative estimate of drug-likeness (QED) is 0.491. The normalized spacial score (nSPS) is 12.1. The molecule has 136 valence electrons. The first-order valence-corrected chi connectivity index (χ1v) is 8.09. The molecule has 3 nitrogen and oxygen atoms in total. The Kier molecular flexibility index (Phi) is 5.35. The second kappa shape index (κ2) is 7.86. The zero-order chi connectivity index (χ0) is 19.3. The van der Waals surface area contributed by atoms with Gasteiger partial charge in [0, 0.05) is 34.9 Å². The first-order chi connectivity index (χ1) is 12.9. The molecule has 0 aliphatic heterocycles. The summed E-state index contributed by atoms with van der Waals surface area (Å²) < 4.78 is 37.5. The van der Waals surface area contributed by atoms with Crippen molar-refractivity contribution in [1.29, 1.82) is 0 Å². The number of allylic oxidation sites excluding steroid dienone is 2. The molecule has 27 heavy (non-hydrogen) atoms. The van der Waals surface area contributed by atoms with Crippen LogP contribution >= 0.6 is 0 Å². The number of carbonyl (C=O) groups excluding carboxylic acids is 1. The number of aromatic nitrogens is 1. The predicted octanol–water partition coefficient (Wildman–Crippen LogP) is 5.46. The fraction of sp³-hybridized carbons (Fsp3) is 0.0476. The van der Waals surface area contributed by atoms with Crippen LogP contribution in [0.15, 0.2) is 79.2 Å². The van der Waals surface area contributed by atoms with Gasteiger partial charge in [-0.05, 0) is 29.8 Å². The number of hydrogen-bond donors (Lipinski definition) is 1. The summed E-state index contributed by atoms with van der Waals surface area (Å²) in [5.74, 6) is -0.309. The van der Waals surface area contributed by atoms with Crippen LogP contribution in [0.2, 0.25) is 0 Å². The molecule has 0 radical (unpaired) electrons. The summed E-state index contributed by atoms with van der Waals surface area (Å²) in [7, 11) is 0. The minimum atomic E-state index is -4.35. The highest BCUT2D eigenvalue weighted by molar-refractivity contribution is 6.06. The minimum Gasteiger partial charge on any atom is -0.322 e. The van der Waals surface area contributed by atoms with Crippen LogP contribution in [0.4, 0.5) is 18.9 Å². The van der Waals surface area contributed by atoms with E-state index < -0.39 is 11.7 Å². The number of halogens is 3. The summed E-state index contributed by atoms with van der Waals surface area (Å²) in [5, 5.41) is 4.60. The van der Waals surface area contributed by atoms with Crippen LogP contribution < -0.4 is 5.32 Å². The number of nitrogens with zero attached hydrogens (tertiary/aromatic N) is 1. The van der Waals surface area contributed by atoms with Gasteiger partial charge in [-0.3, -0.25) is 9.78 Å². The van der Waals surface area contributed by atoms with Crippen molar-refractivity contribution in [2.45, 2.75) is 6.18 Å². The van der Waals surface area contributed by atoms with Gasteiger partial charge in [0.1, 0.15) is 0 Å². The Morgan fingerprint density at radius 2 is 1.78 bits per heavy atom. The van der Waals surface area contributed by atoms with E-state index in [1.807, 2.05) is 18.2 Å². The number of benzene rings is 2. The highest BCUT2D eigenvalue weighted by Crippen LogP contribution is 2.29. The molecule has 0 saturated heterocycles. The number of pyridine rings is 1. The molecular formula is C21H15F3N2O. The van der Waals surface area contributed by atoms with E-state index in [1.54, 1.807) is 30.6 Å². The number of nitrogens with one attached hydrogen (secondary N) is 1. The second-order valence-corrected chi connectivity index (χ2v) is 5.73. The van der Waals surface area contributed by atoms with Gasteiger partial charge in [-0.2, -0.15) is 13.2 Å². The number of rotatable bonds is 4. The molecule has 6 heteroatoms. The van der Waals surface area contributed by atoms with Crippen molar-refractivity contribution < 1.29 is 18.0 Å². The van der Waals surface area contributed by atoms with E-state index in [1.165, 1.54) is 24.3 Å². The Morgan fingerprint density at radius 1 is 1.00 bits per heavy atom. The van der Waals surface area contributed by atoms with Gasteiger partial charge in [-0.15, -0.1) is 0 Å². The SMILES string of the molecule is O=C(/C=C/C=C/c1ccc(C(F)(F)F)cc1)Nc1cccc2cnccc12. The second-order valence-electron chi connectivity index (χ2n) is 5.73. The van der Waals surface area contributed by atoms with Gasteiger partial charge in [0.05, 0.1) is 5.56 Å². The zero-order valence-corrected chi connectivity index (χ0v) is 14.1. The molecular weight excluding hydrogens is 353 g/mol. The standard InChI is InChI=1S/C21H15F3N2O/c22-21(23,24)17-10-8-15(9-11-17)4-1-2-7-20(27)26-19-6-3-5-16-14-25-13-12-18(16)19/h1-14H,(H,26,27)/b4-1+,7-2+. The Morgan fingerprint density at radius 3 is 2.52 bits per heavy atom. The molecule has 3 rings (SSSR count). The van der Waals surface area contributed by atoms with Crippen LogP contribution in [0, 0.1) is 0 Å². The van der Waals surface area contributed by atoms with E-state index in [4.69, 9.17) is 0 Å². The lowest BCUT2D eigenvalue weighted by Gasteiger charge is -2.06. The molecule has 0 fully saturated rings. The number of anilines is 1. The van der Waals surface area contributed by atoms with Gasteiger partial charge < -0.3 is 5.32 Å². The van der Waals surface area contributed by atoms with E-state index in [2.05, 4.69) is 10.3 Å². The molecule has 1 heterocycles. The largest absolute Gasteiger partial charge is 0.416 e. The molecule has 0 saturated carbocycles. The molecule has 0 spiro atoms. The molecule has 0 atom stereocenters. The average Bonchev–Trinajstić information content (AvgIpc) is 2.65. The molecule has 1 aromatic heterocycles. The van der Waals surface area contributed by atoms with E-state index >= 15 is 0 Å². The average molecular weight is 368 g/mol. The van der Waals surface area contributed by atoms with Crippen LogP contribution in [-0.2, 0) is 11.0 Å². The smallest absolute Gasteiger partial charge is 0.322 e. The molecule has 0 bridgehead atoms. The molecule has 0 aliphatic rings. The van der Waals surface area contributed by atoms with E-state index in [0.29, 0.717) is 11.3 Å². The Bertz CT molecular complexity index is 1000. The fourth-order valence-electron chi connectivity index (χ4n) is 2.50. The van der Waals surface area contributed by atoms with Crippen LogP contribution in [0.25, 0.3) is 16.8 Å². The maximum atomic E-state index is 12.5. The third-order valence-corrected chi connectivity index (χ3v) is 3.82. The van der Waals surface area contributed by atoms with Gasteiger partial charge in [-0.25, -0.2) is 0 Å². The van der Waals surface area contributed by atoms with Crippen LogP contribution in [-0.4, -0.2) is 10.9 Å². The van der Waals surface area contributed by atoms with Gasteiger partial charge in [0.25, 0.3) is 0 Å². The van der Waals surface area contributed by atoms with Crippen molar-refractivity contribution in [3.05, 3.63) is 90.3 Å². The number of alkyl halides is 3. The first kappa shape index (κ1) is 18.4. The van der Waals surface area contributed by atoms with E-state index in [9.17, 15) is 18.0 Å². The van der Waals surface area contributed by atoms with Crippen molar-refractivity contribution in [2.75, 3.05) is 5.32 Å². The molecule has 1 amide bonds. The summed E-state index contributed by atoms with van der Waals surface area (Å²) in [6, 6.07) is 12.1. The monoisotopic (exact) mass is 368 g/mol. The lowest BCUT2D eigenvalue weighted by Crippen LogP contribution is -2.07. The maximum absolute atomic E-state index is 12.5. The van der Waals surface area contributed by atoms with Crippen molar-refractivity contribution >= 4 is 28.4 Å². The van der Waals surface area contributed by atoms with Crippen LogP contribution in [0.3, 0.4) is 0 Å². The minimum absolute atomic E-state index is 0.309. The molecule has 3 aromatic rings. The molecule has 1 N–H and O–H groups in total. The topological polar surface area (TPSA) is 42.0 Å². The maximum Gasteiger partial charge on any atom is 0.416 e.